The molecule has 3 aromatic carbocycles. The molecule has 1 N–H and O–H groups in total. The lowest BCUT2D eigenvalue weighted by Crippen LogP contribution is -2.26. The Bertz CT molecular complexity index is 1390. The Labute approximate surface area is 227 Å². The maximum absolute atomic E-state index is 12.9. The minimum absolute atomic E-state index is 0.237. The SMILES string of the molecule is COc1cc(C(=O)NCCc2nc3ccccc3n2CCCOc2ccc(Cl)c(C)c2)cc(OC)c1OC. The Morgan fingerprint density at radius 1 is 1.00 bits per heavy atom. The van der Waals surface area contributed by atoms with Crippen LogP contribution >= 0.6 is 11.6 Å². The van der Waals surface area contributed by atoms with Crippen LogP contribution in [0.1, 0.15) is 28.2 Å². The molecule has 0 saturated heterocycles. The average Bonchev–Trinajstić information content (AvgIpc) is 3.29. The molecule has 0 saturated carbocycles. The van der Waals surface area contributed by atoms with E-state index < -0.39 is 0 Å². The fraction of sp³-hybridized carbons (Fsp3) is 0.310. The van der Waals surface area contributed by atoms with Crippen molar-refractivity contribution in [1.82, 2.24) is 14.9 Å². The standard InChI is InChI=1S/C29H32ClN3O5/c1-19-16-21(10-11-22(19)30)38-15-7-14-33-24-9-6-5-8-23(24)32-27(33)12-13-31-29(34)20-17-25(35-2)28(37-4)26(18-20)36-3/h5-6,8-11,16-18H,7,12-15H2,1-4H3,(H,31,34). The average molecular weight is 538 g/mol. The van der Waals surface area contributed by atoms with Crippen molar-refractivity contribution >= 4 is 28.5 Å². The number of carbonyl (C=O) groups excluding carboxylic acids is 1. The number of nitrogens with one attached hydrogen (secondary N) is 1. The van der Waals surface area contributed by atoms with Gasteiger partial charge in [-0.15, -0.1) is 0 Å². The third-order valence-electron chi connectivity index (χ3n) is 6.22. The summed E-state index contributed by atoms with van der Waals surface area (Å²) in [5, 5.41) is 3.70. The van der Waals surface area contributed by atoms with Gasteiger partial charge in [-0.2, -0.15) is 0 Å². The summed E-state index contributed by atoms with van der Waals surface area (Å²) in [6.07, 6.45) is 1.37. The number of ether oxygens (including phenoxy) is 4. The molecule has 1 heterocycles. The van der Waals surface area contributed by atoms with Crippen LogP contribution in [0.25, 0.3) is 11.0 Å². The van der Waals surface area contributed by atoms with Gasteiger partial charge < -0.3 is 28.8 Å². The van der Waals surface area contributed by atoms with Crippen molar-refractivity contribution in [3.63, 3.8) is 0 Å². The third-order valence-corrected chi connectivity index (χ3v) is 6.64. The number of hydrogen-bond acceptors (Lipinski definition) is 6. The molecular weight excluding hydrogens is 506 g/mol. The fourth-order valence-electron chi connectivity index (χ4n) is 4.29. The number of hydrogen-bond donors (Lipinski definition) is 1. The number of aryl methyl sites for hydroxylation is 2. The van der Waals surface area contributed by atoms with Crippen molar-refractivity contribution in [3.05, 3.63) is 76.6 Å². The molecule has 0 spiro atoms. The molecule has 9 heteroatoms. The summed E-state index contributed by atoms with van der Waals surface area (Å²) in [6, 6.07) is 17.0. The zero-order valence-corrected chi connectivity index (χ0v) is 22.8. The van der Waals surface area contributed by atoms with E-state index in [0.717, 1.165) is 46.2 Å². The van der Waals surface area contributed by atoms with Crippen LogP contribution in [-0.2, 0) is 13.0 Å². The molecule has 1 aromatic heterocycles. The lowest BCUT2D eigenvalue weighted by Gasteiger charge is -2.14. The number of rotatable bonds is 12. The minimum atomic E-state index is -0.237. The Morgan fingerprint density at radius 2 is 1.74 bits per heavy atom. The minimum Gasteiger partial charge on any atom is -0.494 e. The Hall–Kier alpha value is -3.91. The maximum atomic E-state index is 12.9. The number of carbonyl (C=O) groups is 1. The monoisotopic (exact) mass is 537 g/mol. The van der Waals surface area contributed by atoms with Crippen molar-refractivity contribution in [2.75, 3.05) is 34.5 Å². The Morgan fingerprint density at radius 3 is 2.42 bits per heavy atom. The van der Waals surface area contributed by atoms with Crippen LogP contribution < -0.4 is 24.3 Å². The number of halogens is 1. The summed E-state index contributed by atoms with van der Waals surface area (Å²) in [6.45, 7) is 3.67. The van der Waals surface area contributed by atoms with E-state index in [1.165, 1.54) is 21.3 Å². The van der Waals surface area contributed by atoms with E-state index in [2.05, 4.69) is 16.0 Å². The first-order valence-corrected chi connectivity index (χ1v) is 12.7. The van der Waals surface area contributed by atoms with Crippen LogP contribution in [0.15, 0.2) is 54.6 Å². The van der Waals surface area contributed by atoms with E-state index in [9.17, 15) is 4.79 Å². The highest BCUT2D eigenvalue weighted by atomic mass is 35.5. The van der Waals surface area contributed by atoms with Crippen LogP contribution in [0.4, 0.5) is 0 Å². The number of para-hydroxylation sites is 2. The highest BCUT2D eigenvalue weighted by Gasteiger charge is 2.17. The molecule has 8 nitrogen and oxygen atoms in total. The van der Waals surface area contributed by atoms with Crippen LogP contribution in [0.5, 0.6) is 23.0 Å². The molecule has 4 rings (SSSR count). The second kappa shape index (κ2) is 12.6. The van der Waals surface area contributed by atoms with Gasteiger partial charge >= 0.3 is 0 Å². The molecular formula is C29H32ClN3O5. The van der Waals surface area contributed by atoms with Crippen molar-refractivity contribution in [2.45, 2.75) is 26.3 Å². The largest absolute Gasteiger partial charge is 0.494 e. The molecule has 0 aliphatic carbocycles. The molecule has 200 valence electrons. The van der Waals surface area contributed by atoms with E-state index in [0.29, 0.717) is 42.4 Å². The quantitative estimate of drug-likeness (QED) is 0.241. The van der Waals surface area contributed by atoms with Crippen molar-refractivity contribution < 1.29 is 23.7 Å². The summed E-state index contributed by atoms with van der Waals surface area (Å²) in [5.74, 6) is 2.76. The van der Waals surface area contributed by atoms with Gasteiger partial charge in [0.05, 0.1) is 39.0 Å². The molecule has 0 atom stereocenters. The first-order chi connectivity index (χ1) is 18.4. The highest BCUT2D eigenvalue weighted by molar-refractivity contribution is 6.31. The second-order valence-electron chi connectivity index (χ2n) is 8.70. The number of fused-ring (bicyclic) bond motifs is 1. The van der Waals surface area contributed by atoms with E-state index in [1.54, 1.807) is 12.1 Å². The van der Waals surface area contributed by atoms with Crippen LogP contribution in [0.2, 0.25) is 5.02 Å². The van der Waals surface area contributed by atoms with Crippen molar-refractivity contribution in [3.8, 4) is 23.0 Å². The van der Waals surface area contributed by atoms with Gasteiger partial charge in [-0.3, -0.25) is 4.79 Å². The first-order valence-electron chi connectivity index (χ1n) is 12.4. The van der Waals surface area contributed by atoms with E-state index in [1.807, 2.05) is 43.3 Å². The van der Waals surface area contributed by atoms with Crippen molar-refractivity contribution in [1.29, 1.82) is 0 Å². The van der Waals surface area contributed by atoms with E-state index in [-0.39, 0.29) is 5.91 Å². The molecule has 0 aliphatic heterocycles. The Balaban J connectivity index is 1.40. The van der Waals surface area contributed by atoms with Gasteiger partial charge in [0, 0.05) is 30.1 Å². The van der Waals surface area contributed by atoms with Gasteiger partial charge in [-0.25, -0.2) is 4.98 Å². The molecule has 0 bridgehead atoms. The number of benzene rings is 3. The molecule has 0 aliphatic rings. The molecule has 0 fully saturated rings. The number of amides is 1. The summed E-state index contributed by atoms with van der Waals surface area (Å²) in [4.78, 5) is 17.7. The summed E-state index contributed by atoms with van der Waals surface area (Å²) in [5.41, 5.74) is 3.39. The van der Waals surface area contributed by atoms with Gasteiger partial charge in [0.1, 0.15) is 11.6 Å². The molecule has 4 aromatic rings. The molecule has 0 radical (unpaired) electrons. The molecule has 38 heavy (non-hydrogen) atoms. The first kappa shape index (κ1) is 27.1. The Kier molecular flexibility index (Phi) is 8.97. The van der Waals surface area contributed by atoms with Crippen LogP contribution in [0.3, 0.4) is 0 Å². The van der Waals surface area contributed by atoms with E-state index >= 15 is 0 Å². The van der Waals surface area contributed by atoms with Gasteiger partial charge in [0.25, 0.3) is 5.91 Å². The predicted octanol–water partition coefficient (Wildman–Crippen LogP) is 5.47. The zero-order valence-electron chi connectivity index (χ0n) is 22.0. The lowest BCUT2D eigenvalue weighted by atomic mass is 10.1. The van der Waals surface area contributed by atoms with Gasteiger partial charge in [0.15, 0.2) is 11.5 Å². The number of imidazole rings is 1. The smallest absolute Gasteiger partial charge is 0.251 e. The van der Waals surface area contributed by atoms with E-state index in [4.69, 9.17) is 35.5 Å². The van der Waals surface area contributed by atoms with Crippen LogP contribution in [0, 0.1) is 6.92 Å². The molecule has 1 amide bonds. The van der Waals surface area contributed by atoms with Gasteiger partial charge in [0.2, 0.25) is 5.75 Å². The lowest BCUT2D eigenvalue weighted by molar-refractivity contribution is 0.0953. The van der Waals surface area contributed by atoms with Crippen LogP contribution in [-0.4, -0.2) is 49.9 Å². The summed E-state index contributed by atoms with van der Waals surface area (Å²) in [7, 11) is 4.56. The summed E-state index contributed by atoms with van der Waals surface area (Å²) < 4.78 is 24.2. The predicted molar refractivity (Wildman–Crippen MR) is 148 cm³/mol. The third kappa shape index (κ3) is 6.14. The number of methoxy groups -OCH3 is 3. The topological polar surface area (TPSA) is 83.8 Å². The maximum Gasteiger partial charge on any atom is 0.251 e. The summed E-state index contributed by atoms with van der Waals surface area (Å²) >= 11 is 6.11. The van der Waals surface area contributed by atoms with Gasteiger partial charge in [-0.05, 0) is 61.4 Å². The molecule has 0 unspecified atom stereocenters. The normalized spacial score (nSPS) is 10.9. The van der Waals surface area contributed by atoms with Crippen molar-refractivity contribution in [2.24, 2.45) is 0 Å². The fourth-order valence-corrected chi connectivity index (χ4v) is 4.41. The zero-order chi connectivity index (χ0) is 27.1. The number of nitrogens with zero attached hydrogens (tertiary/aromatic N) is 2. The second-order valence-corrected chi connectivity index (χ2v) is 9.11. The number of aromatic nitrogens is 2. The highest BCUT2D eigenvalue weighted by Crippen LogP contribution is 2.38. The van der Waals surface area contributed by atoms with Gasteiger partial charge in [-0.1, -0.05) is 23.7 Å².